The zero-order valence-corrected chi connectivity index (χ0v) is 12.3. The molecule has 1 heterocycles. The van der Waals surface area contributed by atoms with Crippen molar-refractivity contribution in [1.82, 2.24) is 4.57 Å². The molecule has 0 atom stereocenters. The van der Waals surface area contributed by atoms with Gasteiger partial charge in [0.15, 0.2) is 0 Å². The Kier molecular flexibility index (Phi) is 3.06. The zero-order valence-electron chi connectivity index (χ0n) is 9.94. The predicted molar refractivity (Wildman–Crippen MR) is 74.5 cm³/mol. The summed E-state index contributed by atoms with van der Waals surface area (Å²) < 4.78 is 3.44. The number of nitrogens with zero attached hydrogens (tertiary/aromatic N) is 1. The smallest absolute Gasteiger partial charge is 0.0889 e. The number of hydrogen-bond acceptors (Lipinski definition) is 0. The fourth-order valence-corrected chi connectivity index (χ4v) is 3.36. The molecule has 0 unspecified atom stereocenters. The molecule has 3 heteroatoms. The topological polar surface area (TPSA) is 4.93 Å². The van der Waals surface area contributed by atoms with E-state index >= 15 is 0 Å². The summed E-state index contributed by atoms with van der Waals surface area (Å²) in [5, 5.41) is 2.11. The lowest BCUT2D eigenvalue weighted by Crippen LogP contribution is -2.00. The van der Waals surface area contributed by atoms with Crippen molar-refractivity contribution < 1.29 is 0 Å². The van der Waals surface area contributed by atoms with Crippen molar-refractivity contribution in [1.29, 1.82) is 0 Å². The Morgan fingerprint density at radius 2 is 1.88 bits per heavy atom. The van der Waals surface area contributed by atoms with Crippen LogP contribution in [0.2, 0.25) is 5.02 Å². The van der Waals surface area contributed by atoms with Crippen molar-refractivity contribution in [2.45, 2.75) is 33.7 Å². The molecule has 2 rings (SSSR count). The molecular formula is C13H15BrClN. The highest BCUT2D eigenvalue weighted by Crippen LogP contribution is 2.36. The van der Waals surface area contributed by atoms with Crippen molar-refractivity contribution in [3.8, 4) is 0 Å². The molecule has 0 radical (unpaired) electrons. The fraction of sp³-hybridized carbons (Fsp3) is 0.385. The van der Waals surface area contributed by atoms with E-state index in [0.717, 1.165) is 9.63 Å². The third-order valence-corrected chi connectivity index (χ3v) is 4.15. The second-order valence-corrected chi connectivity index (χ2v) is 5.68. The Balaban J connectivity index is 2.96. The first kappa shape index (κ1) is 12.0. The summed E-state index contributed by atoms with van der Waals surface area (Å²) in [5.41, 5.74) is 3.74. The molecule has 86 valence electrons. The second-order valence-electron chi connectivity index (χ2n) is 4.50. The standard InChI is InChI=1S/C13H15BrClN/c1-7(2)16-11-6-10(15)5-8(3)12(11)9(4)13(16)14/h5-7H,1-4H3. The lowest BCUT2D eigenvalue weighted by Gasteiger charge is -2.11. The van der Waals surface area contributed by atoms with E-state index in [2.05, 4.69) is 48.2 Å². The van der Waals surface area contributed by atoms with Gasteiger partial charge in [0, 0.05) is 16.5 Å². The van der Waals surface area contributed by atoms with Crippen LogP contribution in [0.1, 0.15) is 31.0 Å². The van der Waals surface area contributed by atoms with Crippen LogP contribution in [0.5, 0.6) is 0 Å². The molecular weight excluding hydrogens is 286 g/mol. The lowest BCUT2D eigenvalue weighted by atomic mass is 10.1. The number of hydrogen-bond donors (Lipinski definition) is 0. The Labute approximate surface area is 110 Å². The van der Waals surface area contributed by atoms with Gasteiger partial charge in [-0.3, -0.25) is 0 Å². The van der Waals surface area contributed by atoms with Crippen LogP contribution in [0, 0.1) is 13.8 Å². The molecule has 2 aromatic rings. The van der Waals surface area contributed by atoms with Crippen LogP contribution in [-0.2, 0) is 0 Å². The van der Waals surface area contributed by atoms with Crippen molar-refractivity contribution in [3.63, 3.8) is 0 Å². The van der Waals surface area contributed by atoms with E-state index in [1.165, 1.54) is 22.0 Å². The molecule has 1 aromatic heterocycles. The molecule has 1 aromatic carbocycles. The van der Waals surface area contributed by atoms with Gasteiger partial charge >= 0.3 is 0 Å². The van der Waals surface area contributed by atoms with E-state index in [9.17, 15) is 0 Å². The van der Waals surface area contributed by atoms with Crippen LogP contribution >= 0.6 is 27.5 Å². The molecule has 0 aliphatic rings. The average Bonchev–Trinajstić information content (AvgIpc) is 2.38. The largest absolute Gasteiger partial charge is 0.332 e. The van der Waals surface area contributed by atoms with E-state index < -0.39 is 0 Å². The molecule has 0 N–H and O–H groups in total. The normalized spacial score (nSPS) is 11.7. The molecule has 0 aliphatic heterocycles. The molecule has 0 fully saturated rings. The maximum atomic E-state index is 6.13. The Bertz CT molecular complexity index is 555. The summed E-state index contributed by atoms with van der Waals surface area (Å²) >= 11 is 9.81. The van der Waals surface area contributed by atoms with Crippen LogP contribution < -0.4 is 0 Å². The SMILES string of the molecule is Cc1cc(Cl)cc2c1c(C)c(Br)n2C(C)C. The number of fused-ring (bicyclic) bond motifs is 1. The van der Waals surface area contributed by atoms with Crippen LogP contribution in [0.3, 0.4) is 0 Å². The monoisotopic (exact) mass is 299 g/mol. The molecule has 0 amide bonds. The van der Waals surface area contributed by atoms with E-state index in [4.69, 9.17) is 11.6 Å². The molecule has 0 aliphatic carbocycles. The lowest BCUT2D eigenvalue weighted by molar-refractivity contribution is 0.610. The van der Waals surface area contributed by atoms with Crippen LogP contribution in [0.15, 0.2) is 16.7 Å². The molecule has 0 bridgehead atoms. The van der Waals surface area contributed by atoms with Gasteiger partial charge in [0.05, 0.1) is 10.1 Å². The molecule has 1 nitrogen and oxygen atoms in total. The van der Waals surface area contributed by atoms with E-state index in [1.807, 2.05) is 12.1 Å². The van der Waals surface area contributed by atoms with Crippen LogP contribution in [-0.4, -0.2) is 4.57 Å². The van der Waals surface area contributed by atoms with E-state index in [0.29, 0.717) is 6.04 Å². The predicted octanol–water partition coefficient (Wildman–Crippen LogP) is 5.25. The summed E-state index contributed by atoms with van der Waals surface area (Å²) in [6.07, 6.45) is 0. The number of aryl methyl sites for hydroxylation is 2. The van der Waals surface area contributed by atoms with E-state index in [1.54, 1.807) is 0 Å². The Hall–Kier alpha value is -0.470. The summed E-state index contributed by atoms with van der Waals surface area (Å²) in [4.78, 5) is 0. The summed E-state index contributed by atoms with van der Waals surface area (Å²) in [5.74, 6) is 0. The van der Waals surface area contributed by atoms with Crippen LogP contribution in [0.25, 0.3) is 10.9 Å². The maximum absolute atomic E-state index is 6.13. The minimum absolute atomic E-state index is 0.420. The first-order chi connectivity index (χ1) is 7.43. The van der Waals surface area contributed by atoms with Crippen molar-refractivity contribution in [3.05, 3.63) is 32.9 Å². The second kappa shape index (κ2) is 4.08. The van der Waals surface area contributed by atoms with Crippen molar-refractivity contribution in [2.75, 3.05) is 0 Å². The minimum atomic E-state index is 0.420. The highest BCUT2D eigenvalue weighted by Gasteiger charge is 2.16. The average molecular weight is 301 g/mol. The van der Waals surface area contributed by atoms with Gasteiger partial charge in [0.25, 0.3) is 0 Å². The van der Waals surface area contributed by atoms with E-state index in [-0.39, 0.29) is 0 Å². The van der Waals surface area contributed by atoms with Crippen molar-refractivity contribution >= 4 is 38.4 Å². The highest BCUT2D eigenvalue weighted by molar-refractivity contribution is 9.10. The molecule has 16 heavy (non-hydrogen) atoms. The first-order valence-corrected chi connectivity index (χ1v) is 6.56. The fourth-order valence-electron chi connectivity index (χ4n) is 2.30. The maximum Gasteiger partial charge on any atom is 0.0889 e. The molecule has 0 saturated carbocycles. The van der Waals surface area contributed by atoms with Gasteiger partial charge in [0.2, 0.25) is 0 Å². The summed E-state index contributed by atoms with van der Waals surface area (Å²) in [7, 11) is 0. The van der Waals surface area contributed by atoms with Crippen molar-refractivity contribution in [2.24, 2.45) is 0 Å². The summed E-state index contributed by atoms with van der Waals surface area (Å²) in [6, 6.07) is 4.48. The van der Waals surface area contributed by atoms with Gasteiger partial charge in [-0.05, 0) is 66.9 Å². The van der Waals surface area contributed by atoms with Gasteiger partial charge in [-0.25, -0.2) is 0 Å². The Morgan fingerprint density at radius 1 is 1.25 bits per heavy atom. The molecule has 0 saturated heterocycles. The van der Waals surface area contributed by atoms with Gasteiger partial charge in [-0.2, -0.15) is 0 Å². The third-order valence-electron chi connectivity index (χ3n) is 2.95. The summed E-state index contributed by atoms with van der Waals surface area (Å²) in [6.45, 7) is 8.62. The third kappa shape index (κ3) is 1.68. The number of benzene rings is 1. The van der Waals surface area contributed by atoms with Gasteiger partial charge in [-0.15, -0.1) is 0 Å². The van der Waals surface area contributed by atoms with Crippen LogP contribution in [0.4, 0.5) is 0 Å². The quantitative estimate of drug-likeness (QED) is 0.677. The van der Waals surface area contributed by atoms with Gasteiger partial charge < -0.3 is 4.57 Å². The highest BCUT2D eigenvalue weighted by atomic mass is 79.9. The number of aromatic nitrogens is 1. The number of halogens is 2. The van der Waals surface area contributed by atoms with Gasteiger partial charge in [-0.1, -0.05) is 11.6 Å². The zero-order chi connectivity index (χ0) is 12.0. The first-order valence-electron chi connectivity index (χ1n) is 5.39. The number of rotatable bonds is 1. The van der Waals surface area contributed by atoms with Gasteiger partial charge in [0.1, 0.15) is 0 Å². The molecule has 0 spiro atoms. The minimum Gasteiger partial charge on any atom is -0.332 e. The Morgan fingerprint density at radius 3 is 2.44 bits per heavy atom.